The molecule has 80 valence electrons. The predicted octanol–water partition coefficient (Wildman–Crippen LogP) is 1.44. The number of nitrogens with two attached hydrogens (primary N) is 1. The molecule has 0 aliphatic carbocycles. The van der Waals surface area contributed by atoms with E-state index in [-0.39, 0.29) is 0 Å². The van der Waals surface area contributed by atoms with Gasteiger partial charge in [-0.05, 0) is 26.0 Å². The van der Waals surface area contributed by atoms with Crippen LogP contribution in [0.2, 0.25) is 0 Å². The third kappa shape index (κ3) is 6.25. The van der Waals surface area contributed by atoms with E-state index in [0.29, 0.717) is 24.8 Å². The van der Waals surface area contributed by atoms with Gasteiger partial charge in [0.05, 0.1) is 12.8 Å². The minimum atomic E-state index is 0.472. The Bertz CT molecular complexity index is 232. The van der Waals surface area contributed by atoms with E-state index in [0.717, 1.165) is 0 Å². The second-order valence-corrected chi connectivity index (χ2v) is 2.50. The molecule has 0 amide bonds. The zero-order valence-electron chi connectivity index (χ0n) is 8.99. The smallest absolute Gasteiger partial charge is 0.133 e. The summed E-state index contributed by atoms with van der Waals surface area (Å²) in [7, 11) is 1.63. The molecule has 4 heteroatoms. The van der Waals surface area contributed by atoms with Crippen molar-refractivity contribution in [3.63, 3.8) is 0 Å². The van der Waals surface area contributed by atoms with Gasteiger partial charge >= 0.3 is 0 Å². The monoisotopic (exact) mass is 198 g/mol. The molecule has 0 saturated carbocycles. The SMILES string of the molecule is C/C=C(N)/N=C\C(=C/C)OCCOC. The van der Waals surface area contributed by atoms with Crippen LogP contribution in [0.5, 0.6) is 0 Å². The molecular formula is C10H18N2O2. The molecule has 4 nitrogen and oxygen atoms in total. The first-order chi connectivity index (χ1) is 6.74. The zero-order valence-corrected chi connectivity index (χ0v) is 8.99. The lowest BCUT2D eigenvalue weighted by atomic mass is 10.5. The fraction of sp³-hybridized carbons (Fsp3) is 0.500. The lowest BCUT2D eigenvalue weighted by molar-refractivity contribution is 0.117. The topological polar surface area (TPSA) is 56.8 Å². The molecule has 0 aromatic heterocycles. The van der Waals surface area contributed by atoms with E-state index in [4.69, 9.17) is 15.2 Å². The first-order valence-corrected chi connectivity index (χ1v) is 4.48. The van der Waals surface area contributed by atoms with Gasteiger partial charge in [-0.25, -0.2) is 4.99 Å². The van der Waals surface area contributed by atoms with Gasteiger partial charge in [-0.3, -0.25) is 0 Å². The molecule has 0 radical (unpaired) electrons. The lowest BCUT2D eigenvalue weighted by Crippen LogP contribution is -2.03. The summed E-state index contributed by atoms with van der Waals surface area (Å²) in [5, 5.41) is 0. The number of allylic oxidation sites excluding steroid dienone is 3. The Morgan fingerprint density at radius 2 is 2.00 bits per heavy atom. The summed E-state index contributed by atoms with van der Waals surface area (Å²) in [4.78, 5) is 3.97. The Labute approximate surface area is 85.1 Å². The summed E-state index contributed by atoms with van der Waals surface area (Å²) in [5.41, 5.74) is 5.49. The van der Waals surface area contributed by atoms with Gasteiger partial charge in [0, 0.05) is 7.11 Å². The van der Waals surface area contributed by atoms with Gasteiger partial charge in [0.1, 0.15) is 18.2 Å². The van der Waals surface area contributed by atoms with Gasteiger partial charge in [-0.1, -0.05) is 0 Å². The first-order valence-electron chi connectivity index (χ1n) is 4.48. The van der Waals surface area contributed by atoms with Crippen molar-refractivity contribution in [2.24, 2.45) is 10.7 Å². The number of aliphatic imine (C=N–C) groups is 1. The summed E-state index contributed by atoms with van der Waals surface area (Å²) < 4.78 is 10.2. The maximum atomic E-state index is 5.49. The number of nitrogens with zero attached hydrogens (tertiary/aromatic N) is 1. The van der Waals surface area contributed by atoms with Crippen molar-refractivity contribution in [3.8, 4) is 0 Å². The van der Waals surface area contributed by atoms with Gasteiger partial charge < -0.3 is 15.2 Å². The number of ether oxygens (including phenoxy) is 2. The van der Waals surface area contributed by atoms with Crippen LogP contribution in [0.25, 0.3) is 0 Å². The standard InChI is InChI=1S/C10H18N2O2/c1-4-9(14-7-6-13-3)8-12-10(11)5-2/h4-5,8H,6-7,11H2,1-3H3/b9-4+,10-5+,12-8-. The van der Waals surface area contributed by atoms with E-state index >= 15 is 0 Å². The lowest BCUT2D eigenvalue weighted by Gasteiger charge is -2.04. The van der Waals surface area contributed by atoms with E-state index in [1.54, 1.807) is 19.4 Å². The highest BCUT2D eigenvalue weighted by atomic mass is 16.5. The molecule has 14 heavy (non-hydrogen) atoms. The zero-order chi connectivity index (χ0) is 10.8. The van der Waals surface area contributed by atoms with Gasteiger partial charge in [-0.15, -0.1) is 0 Å². The van der Waals surface area contributed by atoms with Crippen molar-refractivity contribution in [3.05, 3.63) is 23.7 Å². The van der Waals surface area contributed by atoms with Crippen LogP contribution in [0.15, 0.2) is 28.7 Å². The van der Waals surface area contributed by atoms with Crippen LogP contribution in [-0.4, -0.2) is 26.5 Å². The predicted molar refractivity (Wildman–Crippen MR) is 58.0 cm³/mol. The minimum absolute atomic E-state index is 0.472. The van der Waals surface area contributed by atoms with Gasteiger partial charge in [0.25, 0.3) is 0 Å². The molecule has 0 aliphatic heterocycles. The van der Waals surface area contributed by atoms with Crippen molar-refractivity contribution < 1.29 is 9.47 Å². The third-order valence-corrected chi connectivity index (χ3v) is 1.48. The molecule has 0 atom stereocenters. The Kier molecular flexibility index (Phi) is 7.55. The molecule has 0 fully saturated rings. The van der Waals surface area contributed by atoms with Crippen molar-refractivity contribution in [2.45, 2.75) is 13.8 Å². The molecule has 0 saturated heterocycles. The van der Waals surface area contributed by atoms with Crippen LogP contribution in [-0.2, 0) is 9.47 Å². The Hall–Kier alpha value is -1.29. The maximum Gasteiger partial charge on any atom is 0.133 e. The highest BCUT2D eigenvalue weighted by Gasteiger charge is 1.92. The highest BCUT2D eigenvalue weighted by molar-refractivity contribution is 5.76. The molecule has 0 unspecified atom stereocenters. The van der Waals surface area contributed by atoms with E-state index in [1.165, 1.54) is 0 Å². The summed E-state index contributed by atoms with van der Waals surface area (Å²) >= 11 is 0. The molecule has 0 rings (SSSR count). The Morgan fingerprint density at radius 1 is 1.29 bits per heavy atom. The number of hydrogen-bond acceptors (Lipinski definition) is 4. The summed E-state index contributed by atoms with van der Waals surface area (Å²) in [5.74, 6) is 1.16. The van der Waals surface area contributed by atoms with Crippen molar-refractivity contribution >= 4 is 6.21 Å². The fourth-order valence-electron chi connectivity index (χ4n) is 0.651. The number of rotatable bonds is 6. The van der Waals surface area contributed by atoms with Gasteiger partial charge in [0.15, 0.2) is 0 Å². The van der Waals surface area contributed by atoms with Crippen LogP contribution < -0.4 is 5.73 Å². The van der Waals surface area contributed by atoms with Gasteiger partial charge in [-0.2, -0.15) is 0 Å². The second-order valence-electron chi connectivity index (χ2n) is 2.50. The normalized spacial score (nSPS) is 13.6. The van der Waals surface area contributed by atoms with Gasteiger partial charge in [0.2, 0.25) is 0 Å². The average Bonchev–Trinajstić information content (AvgIpc) is 2.22. The molecular weight excluding hydrogens is 180 g/mol. The van der Waals surface area contributed by atoms with Crippen LogP contribution in [0, 0.1) is 0 Å². The molecule has 0 aromatic rings. The third-order valence-electron chi connectivity index (χ3n) is 1.48. The second kappa shape index (κ2) is 8.31. The van der Waals surface area contributed by atoms with E-state index in [2.05, 4.69) is 4.99 Å². The van der Waals surface area contributed by atoms with Crippen LogP contribution in [0.3, 0.4) is 0 Å². The van der Waals surface area contributed by atoms with Crippen molar-refractivity contribution in [1.82, 2.24) is 0 Å². The summed E-state index contributed by atoms with van der Waals surface area (Å²) in [6, 6.07) is 0. The maximum absolute atomic E-state index is 5.49. The minimum Gasteiger partial charge on any atom is -0.490 e. The number of hydrogen-bond donors (Lipinski definition) is 1. The molecule has 0 aromatic carbocycles. The molecule has 0 heterocycles. The Morgan fingerprint density at radius 3 is 2.50 bits per heavy atom. The van der Waals surface area contributed by atoms with Crippen molar-refractivity contribution in [1.29, 1.82) is 0 Å². The van der Waals surface area contributed by atoms with E-state index in [9.17, 15) is 0 Å². The molecule has 2 N–H and O–H groups in total. The Balaban J connectivity index is 3.98. The van der Waals surface area contributed by atoms with Crippen molar-refractivity contribution in [2.75, 3.05) is 20.3 Å². The quantitative estimate of drug-likeness (QED) is 0.399. The van der Waals surface area contributed by atoms with E-state index < -0.39 is 0 Å². The van der Waals surface area contributed by atoms with Crippen LogP contribution >= 0.6 is 0 Å². The first kappa shape index (κ1) is 12.7. The fourth-order valence-corrected chi connectivity index (χ4v) is 0.651. The summed E-state index contributed by atoms with van der Waals surface area (Å²) in [6.45, 7) is 4.77. The molecule has 0 aliphatic rings. The van der Waals surface area contributed by atoms with Crippen LogP contribution in [0.4, 0.5) is 0 Å². The molecule has 0 bridgehead atoms. The van der Waals surface area contributed by atoms with Crippen LogP contribution in [0.1, 0.15) is 13.8 Å². The average molecular weight is 198 g/mol. The molecule has 0 spiro atoms. The number of methoxy groups -OCH3 is 1. The van der Waals surface area contributed by atoms with E-state index in [1.807, 2.05) is 19.9 Å². The highest BCUT2D eigenvalue weighted by Crippen LogP contribution is 1.95. The summed E-state index contributed by atoms with van der Waals surface area (Å²) in [6.07, 6.45) is 5.13. The largest absolute Gasteiger partial charge is 0.490 e.